The van der Waals surface area contributed by atoms with E-state index in [0.717, 1.165) is 31.9 Å². The molecule has 1 heterocycles. The number of aromatic nitrogens is 1. The molecule has 1 aromatic rings. The molecule has 1 aromatic heterocycles. The van der Waals surface area contributed by atoms with Crippen LogP contribution in [0.1, 0.15) is 44.9 Å². The van der Waals surface area contributed by atoms with Gasteiger partial charge in [0.1, 0.15) is 11.9 Å². The standard InChI is InChI=1S/C15H24N4/c1-5-19(6-2)10-9-17-15-13(11-16)7-8-14(18-15)12(3)4/h7-8,12H,5-6,9-10H2,1-4H3,(H,17,18). The molecule has 0 saturated carbocycles. The van der Waals surface area contributed by atoms with E-state index in [0.29, 0.717) is 17.3 Å². The minimum Gasteiger partial charge on any atom is -0.368 e. The van der Waals surface area contributed by atoms with E-state index in [4.69, 9.17) is 5.26 Å². The Morgan fingerprint density at radius 3 is 2.53 bits per heavy atom. The molecule has 1 N–H and O–H groups in total. The van der Waals surface area contributed by atoms with Crippen LogP contribution in [-0.2, 0) is 0 Å². The number of pyridine rings is 1. The van der Waals surface area contributed by atoms with Gasteiger partial charge in [-0.15, -0.1) is 0 Å². The van der Waals surface area contributed by atoms with Gasteiger partial charge in [-0.1, -0.05) is 27.7 Å². The number of anilines is 1. The van der Waals surface area contributed by atoms with Crippen molar-refractivity contribution in [1.29, 1.82) is 5.26 Å². The molecule has 0 amide bonds. The molecule has 0 aliphatic rings. The molecule has 0 bridgehead atoms. The number of nitrogens with zero attached hydrogens (tertiary/aromatic N) is 3. The van der Waals surface area contributed by atoms with Gasteiger partial charge in [0.25, 0.3) is 0 Å². The smallest absolute Gasteiger partial charge is 0.144 e. The summed E-state index contributed by atoms with van der Waals surface area (Å²) in [4.78, 5) is 6.88. The van der Waals surface area contributed by atoms with Gasteiger partial charge in [0.05, 0.1) is 5.56 Å². The maximum absolute atomic E-state index is 9.11. The van der Waals surface area contributed by atoms with Crippen molar-refractivity contribution in [1.82, 2.24) is 9.88 Å². The van der Waals surface area contributed by atoms with Crippen LogP contribution in [-0.4, -0.2) is 36.1 Å². The van der Waals surface area contributed by atoms with Gasteiger partial charge >= 0.3 is 0 Å². The Morgan fingerprint density at radius 1 is 1.32 bits per heavy atom. The number of hydrogen-bond donors (Lipinski definition) is 1. The summed E-state index contributed by atoms with van der Waals surface area (Å²) in [7, 11) is 0. The fourth-order valence-corrected chi connectivity index (χ4v) is 1.89. The largest absolute Gasteiger partial charge is 0.368 e. The Balaban J connectivity index is 2.70. The summed E-state index contributed by atoms with van der Waals surface area (Å²) in [5.74, 6) is 1.08. The Bertz CT molecular complexity index is 430. The van der Waals surface area contributed by atoms with Crippen LogP contribution in [0.3, 0.4) is 0 Å². The van der Waals surface area contributed by atoms with Gasteiger partial charge in [0.15, 0.2) is 0 Å². The lowest BCUT2D eigenvalue weighted by Crippen LogP contribution is -2.29. The first kappa shape index (κ1) is 15.5. The molecule has 19 heavy (non-hydrogen) atoms. The van der Waals surface area contributed by atoms with Crippen molar-refractivity contribution in [2.45, 2.75) is 33.6 Å². The minimum atomic E-state index is 0.371. The van der Waals surface area contributed by atoms with E-state index in [1.807, 2.05) is 12.1 Å². The lowest BCUT2D eigenvalue weighted by Gasteiger charge is -2.18. The Labute approximate surface area is 116 Å². The summed E-state index contributed by atoms with van der Waals surface area (Å²) in [6.07, 6.45) is 0. The summed E-state index contributed by atoms with van der Waals surface area (Å²) >= 11 is 0. The molecular weight excluding hydrogens is 236 g/mol. The molecule has 0 spiro atoms. The Hall–Kier alpha value is -1.60. The molecule has 0 aromatic carbocycles. The molecule has 104 valence electrons. The first-order valence-corrected chi connectivity index (χ1v) is 6.99. The molecule has 0 unspecified atom stereocenters. The molecule has 0 aliphatic carbocycles. The van der Waals surface area contributed by atoms with Gasteiger partial charge in [-0.05, 0) is 31.1 Å². The lowest BCUT2D eigenvalue weighted by molar-refractivity contribution is 0.316. The second-order valence-electron chi connectivity index (χ2n) is 4.85. The zero-order valence-electron chi connectivity index (χ0n) is 12.4. The van der Waals surface area contributed by atoms with Crippen LogP contribution in [0.2, 0.25) is 0 Å². The quantitative estimate of drug-likeness (QED) is 0.819. The summed E-state index contributed by atoms with van der Waals surface area (Å²) < 4.78 is 0. The predicted molar refractivity (Wildman–Crippen MR) is 79.3 cm³/mol. The molecule has 0 atom stereocenters. The van der Waals surface area contributed by atoms with Crippen molar-refractivity contribution in [3.8, 4) is 6.07 Å². The maximum Gasteiger partial charge on any atom is 0.144 e. The van der Waals surface area contributed by atoms with Crippen LogP contribution in [0, 0.1) is 11.3 Å². The first-order chi connectivity index (χ1) is 9.12. The number of hydrogen-bond acceptors (Lipinski definition) is 4. The second kappa shape index (κ2) is 7.75. The Morgan fingerprint density at radius 2 is 2.00 bits per heavy atom. The molecule has 4 nitrogen and oxygen atoms in total. The molecular formula is C15H24N4. The third-order valence-corrected chi connectivity index (χ3v) is 3.24. The summed E-state index contributed by atoms with van der Waals surface area (Å²) in [5, 5.41) is 12.4. The molecule has 4 heteroatoms. The van der Waals surface area contributed by atoms with Crippen molar-refractivity contribution in [3.05, 3.63) is 23.4 Å². The van der Waals surface area contributed by atoms with Crippen LogP contribution < -0.4 is 5.32 Å². The zero-order chi connectivity index (χ0) is 14.3. The summed E-state index contributed by atoms with van der Waals surface area (Å²) in [6.45, 7) is 12.4. The Kier molecular flexibility index (Phi) is 6.31. The number of nitriles is 1. The van der Waals surface area contributed by atoms with Gasteiger partial charge in [-0.2, -0.15) is 5.26 Å². The third-order valence-electron chi connectivity index (χ3n) is 3.24. The van der Waals surface area contributed by atoms with E-state index in [1.165, 1.54) is 0 Å². The van der Waals surface area contributed by atoms with Crippen LogP contribution in [0.5, 0.6) is 0 Å². The normalized spacial score (nSPS) is 10.8. The molecule has 0 fully saturated rings. The summed E-state index contributed by atoms with van der Waals surface area (Å²) in [6, 6.07) is 5.97. The van der Waals surface area contributed by atoms with Gasteiger partial charge < -0.3 is 10.2 Å². The minimum absolute atomic E-state index is 0.371. The average molecular weight is 260 g/mol. The van der Waals surface area contributed by atoms with E-state index in [9.17, 15) is 0 Å². The molecule has 0 saturated heterocycles. The monoisotopic (exact) mass is 260 g/mol. The van der Waals surface area contributed by atoms with E-state index >= 15 is 0 Å². The predicted octanol–water partition coefficient (Wildman–Crippen LogP) is 2.83. The fourth-order valence-electron chi connectivity index (χ4n) is 1.89. The third kappa shape index (κ3) is 4.53. The highest BCUT2D eigenvalue weighted by atomic mass is 15.1. The topological polar surface area (TPSA) is 52.0 Å². The van der Waals surface area contributed by atoms with Crippen LogP contribution in [0.4, 0.5) is 5.82 Å². The van der Waals surface area contributed by atoms with Crippen molar-refractivity contribution in [2.24, 2.45) is 0 Å². The van der Waals surface area contributed by atoms with Crippen LogP contribution in [0.15, 0.2) is 12.1 Å². The van der Waals surface area contributed by atoms with Crippen molar-refractivity contribution in [3.63, 3.8) is 0 Å². The van der Waals surface area contributed by atoms with Crippen LogP contribution in [0.25, 0.3) is 0 Å². The maximum atomic E-state index is 9.11. The van der Waals surface area contributed by atoms with E-state index in [-0.39, 0.29) is 0 Å². The number of likely N-dealkylation sites (N-methyl/N-ethyl adjacent to an activating group) is 1. The molecule has 0 aliphatic heterocycles. The second-order valence-corrected chi connectivity index (χ2v) is 4.85. The van der Waals surface area contributed by atoms with Crippen molar-refractivity contribution in [2.75, 3.05) is 31.5 Å². The fraction of sp³-hybridized carbons (Fsp3) is 0.600. The first-order valence-electron chi connectivity index (χ1n) is 6.99. The van der Waals surface area contributed by atoms with Gasteiger partial charge in [0.2, 0.25) is 0 Å². The van der Waals surface area contributed by atoms with Gasteiger partial charge in [-0.3, -0.25) is 0 Å². The van der Waals surface area contributed by atoms with Gasteiger partial charge in [0, 0.05) is 18.8 Å². The lowest BCUT2D eigenvalue weighted by atomic mass is 10.1. The van der Waals surface area contributed by atoms with Crippen LogP contribution >= 0.6 is 0 Å². The molecule has 0 radical (unpaired) electrons. The highest BCUT2D eigenvalue weighted by molar-refractivity contribution is 5.52. The van der Waals surface area contributed by atoms with E-state index in [2.05, 4.69) is 49.0 Å². The highest BCUT2D eigenvalue weighted by Crippen LogP contribution is 2.17. The van der Waals surface area contributed by atoms with Crippen molar-refractivity contribution < 1.29 is 0 Å². The number of nitrogens with one attached hydrogen (secondary N) is 1. The SMILES string of the molecule is CCN(CC)CCNc1nc(C(C)C)ccc1C#N. The number of rotatable bonds is 7. The highest BCUT2D eigenvalue weighted by Gasteiger charge is 2.08. The molecule has 1 rings (SSSR count). The van der Waals surface area contributed by atoms with Crippen molar-refractivity contribution >= 4 is 5.82 Å². The van der Waals surface area contributed by atoms with E-state index in [1.54, 1.807) is 0 Å². The van der Waals surface area contributed by atoms with E-state index < -0.39 is 0 Å². The van der Waals surface area contributed by atoms with Gasteiger partial charge in [-0.25, -0.2) is 4.98 Å². The summed E-state index contributed by atoms with van der Waals surface area (Å²) in [5.41, 5.74) is 1.63. The zero-order valence-corrected chi connectivity index (χ0v) is 12.4. The average Bonchev–Trinajstić information content (AvgIpc) is 2.43.